The number of nitrogens with zero attached hydrogens (tertiary/aromatic N) is 2. The molecule has 0 atom stereocenters. The Morgan fingerprint density at radius 1 is 1.39 bits per heavy atom. The lowest BCUT2D eigenvalue weighted by atomic mass is 10.1. The molecule has 1 saturated carbocycles. The summed E-state index contributed by atoms with van der Waals surface area (Å²) < 4.78 is 7.89. The average molecular weight is 245 g/mol. The van der Waals surface area contributed by atoms with Crippen LogP contribution in [0.15, 0.2) is 18.2 Å². The summed E-state index contributed by atoms with van der Waals surface area (Å²) in [6.07, 6.45) is 2.43. The molecule has 0 aliphatic heterocycles. The molecule has 1 heterocycles. The number of hydrogen-bond donors (Lipinski definition) is 1. The van der Waals surface area contributed by atoms with Gasteiger partial charge < -0.3 is 15.0 Å². The third-order valence-electron chi connectivity index (χ3n) is 3.67. The topological polar surface area (TPSA) is 53.1 Å². The fourth-order valence-electron chi connectivity index (χ4n) is 2.33. The Morgan fingerprint density at radius 2 is 2.11 bits per heavy atom. The second kappa shape index (κ2) is 3.72. The summed E-state index contributed by atoms with van der Waals surface area (Å²) in [4.78, 5) is 4.74. The van der Waals surface area contributed by atoms with E-state index in [9.17, 15) is 0 Å². The molecule has 2 N–H and O–H groups in total. The number of hydrogen-bond acceptors (Lipinski definition) is 3. The highest BCUT2D eigenvalue weighted by molar-refractivity contribution is 5.80. The molecule has 96 valence electrons. The smallest absolute Gasteiger partial charge is 0.141 e. The van der Waals surface area contributed by atoms with E-state index in [1.165, 1.54) is 12.8 Å². The Labute approximate surface area is 107 Å². The lowest BCUT2D eigenvalue weighted by Gasteiger charge is -2.23. The SMILES string of the molecule is COC(C)(C)c1nc2ccc(N)cc2n1C1CC1. The quantitative estimate of drug-likeness (QED) is 0.846. The molecule has 3 rings (SSSR count). The van der Waals surface area contributed by atoms with Gasteiger partial charge in [-0.15, -0.1) is 0 Å². The van der Waals surface area contributed by atoms with Crippen LogP contribution >= 0.6 is 0 Å². The van der Waals surface area contributed by atoms with Crippen LogP contribution in [0.25, 0.3) is 11.0 Å². The molecule has 0 bridgehead atoms. The second-order valence-electron chi connectivity index (χ2n) is 5.50. The van der Waals surface area contributed by atoms with E-state index >= 15 is 0 Å². The molecule has 4 heteroatoms. The third-order valence-corrected chi connectivity index (χ3v) is 3.67. The minimum Gasteiger partial charge on any atom is -0.399 e. The molecule has 0 amide bonds. The highest BCUT2D eigenvalue weighted by Crippen LogP contribution is 2.41. The lowest BCUT2D eigenvalue weighted by molar-refractivity contribution is 0.00888. The van der Waals surface area contributed by atoms with Crippen molar-refractivity contribution in [2.24, 2.45) is 0 Å². The van der Waals surface area contributed by atoms with Gasteiger partial charge in [0.1, 0.15) is 11.4 Å². The van der Waals surface area contributed by atoms with Crippen LogP contribution in [0.1, 0.15) is 38.6 Å². The molecule has 0 radical (unpaired) electrons. The molecule has 0 saturated heterocycles. The van der Waals surface area contributed by atoms with E-state index in [1.807, 2.05) is 18.2 Å². The number of benzene rings is 1. The van der Waals surface area contributed by atoms with Gasteiger partial charge in [-0.2, -0.15) is 0 Å². The van der Waals surface area contributed by atoms with E-state index in [2.05, 4.69) is 18.4 Å². The predicted molar refractivity (Wildman–Crippen MR) is 72.5 cm³/mol. The second-order valence-corrected chi connectivity index (χ2v) is 5.50. The Balaban J connectivity index is 2.28. The summed E-state index contributed by atoms with van der Waals surface area (Å²) in [6, 6.07) is 6.45. The molecule has 2 aromatic rings. The van der Waals surface area contributed by atoms with Crippen molar-refractivity contribution in [3.63, 3.8) is 0 Å². The maximum absolute atomic E-state index is 5.89. The van der Waals surface area contributed by atoms with Gasteiger partial charge in [0, 0.05) is 18.8 Å². The summed E-state index contributed by atoms with van der Waals surface area (Å²) in [6.45, 7) is 4.10. The van der Waals surface area contributed by atoms with Crippen LogP contribution < -0.4 is 5.73 Å². The van der Waals surface area contributed by atoms with Gasteiger partial charge in [0.2, 0.25) is 0 Å². The molecule has 1 aliphatic rings. The molecular formula is C14H19N3O. The van der Waals surface area contributed by atoms with E-state index in [-0.39, 0.29) is 5.60 Å². The van der Waals surface area contributed by atoms with Gasteiger partial charge in [0.05, 0.1) is 11.0 Å². The minimum atomic E-state index is -0.379. The van der Waals surface area contributed by atoms with E-state index in [4.69, 9.17) is 15.5 Å². The zero-order chi connectivity index (χ0) is 12.9. The van der Waals surface area contributed by atoms with Gasteiger partial charge in [-0.25, -0.2) is 4.98 Å². The Morgan fingerprint density at radius 3 is 2.72 bits per heavy atom. The number of rotatable bonds is 3. The van der Waals surface area contributed by atoms with Crippen molar-refractivity contribution in [3.8, 4) is 0 Å². The number of methoxy groups -OCH3 is 1. The highest BCUT2D eigenvalue weighted by Gasteiger charge is 2.34. The molecule has 0 unspecified atom stereocenters. The number of nitrogens with two attached hydrogens (primary N) is 1. The molecular weight excluding hydrogens is 226 g/mol. The largest absolute Gasteiger partial charge is 0.399 e. The van der Waals surface area contributed by atoms with E-state index in [0.717, 1.165) is 22.5 Å². The standard InChI is InChI=1S/C14H19N3O/c1-14(2,18-3)13-16-11-7-4-9(15)8-12(11)17(13)10-5-6-10/h4,7-8,10H,5-6,15H2,1-3H3. The lowest BCUT2D eigenvalue weighted by Crippen LogP contribution is -2.24. The average Bonchev–Trinajstić information content (AvgIpc) is 3.10. The Kier molecular flexibility index (Phi) is 2.38. The molecule has 1 aliphatic carbocycles. The predicted octanol–water partition coefficient (Wildman–Crippen LogP) is 2.83. The van der Waals surface area contributed by atoms with Crippen molar-refractivity contribution >= 4 is 16.7 Å². The number of anilines is 1. The van der Waals surface area contributed by atoms with Crippen molar-refractivity contribution in [2.75, 3.05) is 12.8 Å². The van der Waals surface area contributed by atoms with E-state index in [1.54, 1.807) is 7.11 Å². The van der Waals surface area contributed by atoms with E-state index in [0.29, 0.717) is 6.04 Å². The first kappa shape index (κ1) is 11.5. The van der Waals surface area contributed by atoms with Crippen LogP contribution in [0.4, 0.5) is 5.69 Å². The van der Waals surface area contributed by atoms with Gasteiger partial charge >= 0.3 is 0 Å². The summed E-state index contributed by atoms with van der Waals surface area (Å²) in [5.41, 5.74) is 8.42. The number of nitrogen functional groups attached to an aromatic ring is 1. The van der Waals surface area contributed by atoms with Crippen LogP contribution in [0.3, 0.4) is 0 Å². The molecule has 4 nitrogen and oxygen atoms in total. The van der Waals surface area contributed by atoms with Crippen LogP contribution in [-0.4, -0.2) is 16.7 Å². The van der Waals surface area contributed by atoms with Crippen LogP contribution in [0.5, 0.6) is 0 Å². The van der Waals surface area contributed by atoms with Crippen molar-refractivity contribution in [1.82, 2.24) is 9.55 Å². The first-order chi connectivity index (χ1) is 8.53. The van der Waals surface area contributed by atoms with Gasteiger partial charge in [-0.05, 0) is 44.9 Å². The minimum absolute atomic E-state index is 0.379. The highest BCUT2D eigenvalue weighted by atomic mass is 16.5. The van der Waals surface area contributed by atoms with Gasteiger partial charge in [-0.3, -0.25) is 0 Å². The number of ether oxygens (including phenoxy) is 1. The number of aromatic nitrogens is 2. The number of fused-ring (bicyclic) bond motifs is 1. The fraction of sp³-hybridized carbons (Fsp3) is 0.500. The summed E-state index contributed by atoms with van der Waals surface area (Å²) >= 11 is 0. The summed E-state index contributed by atoms with van der Waals surface area (Å²) in [5.74, 6) is 0.994. The molecule has 1 fully saturated rings. The van der Waals surface area contributed by atoms with Crippen LogP contribution in [0, 0.1) is 0 Å². The van der Waals surface area contributed by atoms with Gasteiger partial charge in [-0.1, -0.05) is 0 Å². The van der Waals surface area contributed by atoms with Crippen LogP contribution in [-0.2, 0) is 10.3 Å². The first-order valence-corrected chi connectivity index (χ1v) is 6.36. The fourth-order valence-corrected chi connectivity index (χ4v) is 2.33. The zero-order valence-corrected chi connectivity index (χ0v) is 11.1. The maximum atomic E-state index is 5.89. The Hall–Kier alpha value is -1.55. The molecule has 1 aromatic heterocycles. The Bertz CT molecular complexity index is 596. The van der Waals surface area contributed by atoms with Crippen LogP contribution in [0.2, 0.25) is 0 Å². The monoisotopic (exact) mass is 245 g/mol. The molecule has 0 spiro atoms. The normalized spacial score (nSPS) is 16.4. The molecule has 18 heavy (non-hydrogen) atoms. The van der Waals surface area contributed by atoms with Crippen molar-refractivity contribution in [2.45, 2.75) is 38.3 Å². The van der Waals surface area contributed by atoms with Gasteiger partial charge in [0.25, 0.3) is 0 Å². The summed E-state index contributed by atoms with van der Waals surface area (Å²) in [7, 11) is 1.73. The van der Waals surface area contributed by atoms with Crippen molar-refractivity contribution < 1.29 is 4.74 Å². The maximum Gasteiger partial charge on any atom is 0.141 e. The van der Waals surface area contributed by atoms with Crippen molar-refractivity contribution in [1.29, 1.82) is 0 Å². The number of imidazole rings is 1. The molecule has 1 aromatic carbocycles. The third kappa shape index (κ3) is 1.68. The zero-order valence-electron chi connectivity index (χ0n) is 11.1. The van der Waals surface area contributed by atoms with Gasteiger partial charge in [0.15, 0.2) is 0 Å². The summed E-state index contributed by atoms with van der Waals surface area (Å²) in [5, 5.41) is 0. The first-order valence-electron chi connectivity index (χ1n) is 6.36. The van der Waals surface area contributed by atoms with E-state index < -0.39 is 0 Å². The van der Waals surface area contributed by atoms with Crippen molar-refractivity contribution in [3.05, 3.63) is 24.0 Å².